The van der Waals surface area contributed by atoms with Crippen molar-refractivity contribution in [1.29, 1.82) is 0 Å². The van der Waals surface area contributed by atoms with Gasteiger partial charge in [-0.2, -0.15) is 0 Å². The number of halogens is 1. The van der Waals surface area contributed by atoms with Crippen LogP contribution in [0, 0.1) is 25.7 Å². The number of nitrogens with one attached hydrogen (secondary N) is 2. The number of ether oxygens (including phenoxy) is 2. The largest absolute Gasteiger partial charge is 0.484 e. The van der Waals surface area contributed by atoms with Crippen molar-refractivity contribution in [2.45, 2.75) is 38.9 Å². The summed E-state index contributed by atoms with van der Waals surface area (Å²) in [7, 11) is 0. The van der Waals surface area contributed by atoms with Crippen molar-refractivity contribution in [3.8, 4) is 5.75 Å². The molecule has 0 radical (unpaired) electrons. The molecule has 146 valence electrons. The molecular formula is C18H21ClN2O6. The smallest absolute Gasteiger partial charge is 0.310 e. The Bertz CT molecular complexity index is 760. The molecule has 0 unspecified atom stereocenters. The molecule has 2 aliphatic rings. The highest BCUT2D eigenvalue weighted by atomic mass is 35.5. The summed E-state index contributed by atoms with van der Waals surface area (Å²) in [6.07, 6.45) is 0.396. The summed E-state index contributed by atoms with van der Waals surface area (Å²) in [6.45, 7) is 3.36. The number of carboxylic acid groups (broad SMARTS) is 1. The van der Waals surface area contributed by atoms with Gasteiger partial charge in [0.1, 0.15) is 5.75 Å². The highest BCUT2D eigenvalue weighted by Crippen LogP contribution is 2.43. The number of carboxylic acids is 1. The SMILES string of the molecule is Cc1cc(OCC(=O)NNC(=O)[C@@H]2[C@@H](C(=O)O)[C@H]3CC[C@@H]2O3)cc(C)c1Cl. The summed E-state index contributed by atoms with van der Waals surface area (Å²) in [5.41, 5.74) is 6.19. The number of aliphatic carboxylic acids is 1. The zero-order valence-electron chi connectivity index (χ0n) is 15.0. The third-order valence-corrected chi connectivity index (χ3v) is 5.56. The summed E-state index contributed by atoms with van der Waals surface area (Å²) in [5.74, 6) is -3.42. The molecule has 2 bridgehead atoms. The number of benzene rings is 1. The van der Waals surface area contributed by atoms with E-state index in [1.165, 1.54) is 0 Å². The van der Waals surface area contributed by atoms with Crippen molar-refractivity contribution in [3.05, 3.63) is 28.3 Å². The standard InChI is InChI=1S/C18H21ClN2O6/c1-8-5-10(6-9(2)16(8)19)26-7-13(22)20-21-17(23)14-11-3-4-12(27-11)15(14)18(24)25/h5-6,11-12,14-15H,3-4,7H2,1-2H3,(H,20,22)(H,21,23)(H,24,25)/t11-,12+,14-,15-/m0/s1. The zero-order chi connectivity index (χ0) is 19.7. The lowest BCUT2D eigenvalue weighted by Crippen LogP contribution is -2.51. The highest BCUT2D eigenvalue weighted by molar-refractivity contribution is 6.32. The highest BCUT2D eigenvalue weighted by Gasteiger charge is 2.55. The fraction of sp³-hybridized carbons (Fsp3) is 0.500. The maximum Gasteiger partial charge on any atom is 0.310 e. The van der Waals surface area contributed by atoms with Gasteiger partial charge in [-0.1, -0.05) is 11.6 Å². The first kappa shape index (κ1) is 19.4. The number of rotatable bonds is 5. The minimum atomic E-state index is -1.06. The maximum absolute atomic E-state index is 12.3. The number of amides is 2. The Labute approximate surface area is 161 Å². The summed E-state index contributed by atoms with van der Waals surface area (Å²) in [5, 5.41) is 9.97. The van der Waals surface area contributed by atoms with Crippen LogP contribution in [-0.4, -0.2) is 41.7 Å². The molecule has 0 aromatic heterocycles. The third kappa shape index (κ3) is 4.01. The minimum absolute atomic E-state index is 0.309. The molecule has 8 nitrogen and oxygen atoms in total. The third-order valence-electron chi connectivity index (χ3n) is 4.97. The van der Waals surface area contributed by atoms with Gasteiger partial charge in [0, 0.05) is 5.02 Å². The molecule has 0 spiro atoms. The number of hydrogen-bond acceptors (Lipinski definition) is 5. The van der Waals surface area contributed by atoms with E-state index in [2.05, 4.69) is 10.9 Å². The lowest BCUT2D eigenvalue weighted by atomic mass is 9.79. The topological polar surface area (TPSA) is 114 Å². The van der Waals surface area contributed by atoms with Gasteiger partial charge in [0.2, 0.25) is 5.91 Å². The second-order valence-corrected chi connectivity index (χ2v) is 7.26. The predicted molar refractivity (Wildman–Crippen MR) is 95.2 cm³/mol. The van der Waals surface area contributed by atoms with Crippen LogP contribution in [0.3, 0.4) is 0 Å². The van der Waals surface area contributed by atoms with E-state index >= 15 is 0 Å². The quantitative estimate of drug-likeness (QED) is 0.647. The van der Waals surface area contributed by atoms with E-state index in [1.54, 1.807) is 12.1 Å². The van der Waals surface area contributed by atoms with Crippen molar-refractivity contribution in [1.82, 2.24) is 10.9 Å². The zero-order valence-corrected chi connectivity index (χ0v) is 15.7. The molecule has 4 atom stereocenters. The molecule has 2 saturated heterocycles. The van der Waals surface area contributed by atoms with Crippen LogP contribution < -0.4 is 15.6 Å². The average molecular weight is 397 g/mol. The van der Waals surface area contributed by atoms with Gasteiger partial charge in [0.05, 0.1) is 24.0 Å². The predicted octanol–water partition coefficient (Wildman–Crippen LogP) is 1.36. The van der Waals surface area contributed by atoms with E-state index in [0.29, 0.717) is 23.6 Å². The fourth-order valence-electron chi connectivity index (χ4n) is 3.71. The fourth-order valence-corrected chi connectivity index (χ4v) is 3.82. The molecular weight excluding hydrogens is 376 g/mol. The van der Waals surface area contributed by atoms with Gasteiger partial charge in [0.15, 0.2) is 6.61 Å². The molecule has 2 aliphatic heterocycles. The number of fused-ring (bicyclic) bond motifs is 2. The van der Waals surface area contributed by atoms with Crippen LogP contribution in [0.25, 0.3) is 0 Å². The van der Waals surface area contributed by atoms with Crippen LogP contribution in [0.5, 0.6) is 5.75 Å². The van der Waals surface area contributed by atoms with E-state index in [9.17, 15) is 19.5 Å². The lowest BCUT2D eigenvalue weighted by molar-refractivity contribution is -0.148. The molecule has 3 rings (SSSR count). The number of carbonyl (C=O) groups is 3. The molecule has 1 aromatic carbocycles. The van der Waals surface area contributed by atoms with E-state index in [0.717, 1.165) is 11.1 Å². The number of hydrogen-bond donors (Lipinski definition) is 3. The van der Waals surface area contributed by atoms with Gasteiger partial charge in [-0.3, -0.25) is 25.2 Å². The average Bonchev–Trinajstić information content (AvgIpc) is 3.23. The minimum Gasteiger partial charge on any atom is -0.484 e. The van der Waals surface area contributed by atoms with E-state index in [-0.39, 0.29) is 6.61 Å². The van der Waals surface area contributed by atoms with Crippen LogP contribution >= 0.6 is 11.6 Å². The molecule has 0 saturated carbocycles. The molecule has 9 heteroatoms. The molecule has 2 heterocycles. The van der Waals surface area contributed by atoms with Crippen molar-refractivity contribution in [3.63, 3.8) is 0 Å². The number of carbonyl (C=O) groups excluding carboxylic acids is 2. The second kappa shape index (κ2) is 7.74. The summed E-state index contributed by atoms with van der Waals surface area (Å²) >= 11 is 6.09. The maximum atomic E-state index is 12.3. The molecule has 27 heavy (non-hydrogen) atoms. The Kier molecular flexibility index (Phi) is 5.57. The van der Waals surface area contributed by atoms with Crippen molar-refractivity contribution >= 4 is 29.4 Å². The van der Waals surface area contributed by atoms with Crippen LogP contribution in [0.2, 0.25) is 5.02 Å². The monoisotopic (exact) mass is 396 g/mol. The molecule has 1 aromatic rings. The molecule has 2 fully saturated rings. The van der Waals surface area contributed by atoms with E-state index in [1.807, 2.05) is 13.8 Å². The lowest BCUT2D eigenvalue weighted by Gasteiger charge is -2.23. The van der Waals surface area contributed by atoms with Gasteiger partial charge >= 0.3 is 5.97 Å². The van der Waals surface area contributed by atoms with Crippen LogP contribution in [-0.2, 0) is 19.1 Å². The van der Waals surface area contributed by atoms with Crippen LogP contribution in [0.4, 0.5) is 0 Å². The summed E-state index contributed by atoms with van der Waals surface area (Å²) < 4.78 is 10.9. The first-order valence-electron chi connectivity index (χ1n) is 8.64. The Morgan fingerprint density at radius 2 is 1.74 bits per heavy atom. The Morgan fingerprint density at radius 1 is 1.15 bits per heavy atom. The first-order valence-corrected chi connectivity index (χ1v) is 9.02. The molecule has 3 N–H and O–H groups in total. The summed E-state index contributed by atoms with van der Waals surface area (Å²) in [4.78, 5) is 35.7. The van der Waals surface area contributed by atoms with Gasteiger partial charge < -0.3 is 14.6 Å². The Balaban J connectivity index is 1.50. The first-order chi connectivity index (χ1) is 12.8. The Hall–Kier alpha value is -2.32. The number of hydrazine groups is 1. The van der Waals surface area contributed by atoms with Gasteiger partial charge in [0.25, 0.3) is 5.91 Å². The molecule has 2 amide bonds. The summed E-state index contributed by atoms with van der Waals surface area (Å²) in [6, 6.07) is 3.43. The van der Waals surface area contributed by atoms with E-state index < -0.39 is 41.8 Å². The van der Waals surface area contributed by atoms with Crippen molar-refractivity contribution in [2.75, 3.05) is 6.61 Å². The second-order valence-electron chi connectivity index (χ2n) is 6.88. The van der Waals surface area contributed by atoms with E-state index in [4.69, 9.17) is 21.1 Å². The molecule has 0 aliphatic carbocycles. The van der Waals surface area contributed by atoms with Crippen molar-refractivity contribution < 1.29 is 29.0 Å². The van der Waals surface area contributed by atoms with Gasteiger partial charge in [-0.25, -0.2) is 0 Å². The van der Waals surface area contributed by atoms with Crippen LogP contribution in [0.15, 0.2) is 12.1 Å². The van der Waals surface area contributed by atoms with Gasteiger partial charge in [-0.05, 0) is 49.9 Å². The van der Waals surface area contributed by atoms with Crippen LogP contribution in [0.1, 0.15) is 24.0 Å². The van der Waals surface area contributed by atoms with Crippen molar-refractivity contribution in [2.24, 2.45) is 11.8 Å². The number of aryl methyl sites for hydroxylation is 2. The van der Waals surface area contributed by atoms with Gasteiger partial charge in [-0.15, -0.1) is 0 Å². The Morgan fingerprint density at radius 3 is 2.33 bits per heavy atom. The normalized spacial score (nSPS) is 25.9.